The van der Waals surface area contributed by atoms with Gasteiger partial charge in [0.05, 0.1) is 43.2 Å². The van der Waals surface area contributed by atoms with Crippen LogP contribution in [0.5, 0.6) is 11.6 Å². The summed E-state index contributed by atoms with van der Waals surface area (Å²) >= 11 is 1.58. The summed E-state index contributed by atoms with van der Waals surface area (Å²) in [6.45, 7) is 2.98. The van der Waals surface area contributed by atoms with Gasteiger partial charge in [-0.25, -0.2) is 4.98 Å². The third-order valence-corrected chi connectivity index (χ3v) is 9.38. The fraction of sp³-hybridized carbons (Fsp3) is 0.333. The monoisotopic (exact) mass is 831 g/mol. The molecule has 20 heteroatoms. The number of primary amides is 1. The summed E-state index contributed by atoms with van der Waals surface area (Å²) in [6.07, 6.45) is 2.24. The Morgan fingerprint density at radius 3 is 2.49 bits per heavy atom. The molecule has 5 amide bonds. The first-order valence-corrected chi connectivity index (χ1v) is 19.5. The minimum absolute atomic E-state index is 0.00929. The zero-order valence-electron chi connectivity index (χ0n) is 32.4. The van der Waals surface area contributed by atoms with Crippen LogP contribution in [0, 0.1) is 0 Å². The van der Waals surface area contributed by atoms with Crippen LogP contribution in [0.15, 0.2) is 60.8 Å². The Morgan fingerprint density at radius 2 is 1.76 bits per heavy atom. The minimum atomic E-state index is -0.873. The first kappa shape index (κ1) is 43.6. The molecule has 0 aliphatic carbocycles. The average Bonchev–Trinajstić information content (AvgIpc) is 3.66. The molecule has 1 fully saturated rings. The predicted molar refractivity (Wildman–Crippen MR) is 218 cm³/mol. The van der Waals surface area contributed by atoms with E-state index in [4.69, 9.17) is 24.7 Å². The number of benzene rings is 2. The van der Waals surface area contributed by atoms with Gasteiger partial charge in [0.2, 0.25) is 17.7 Å². The maximum absolute atomic E-state index is 13.2. The molecule has 0 bridgehead atoms. The lowest BCUT2D eigenvalue weighted by Crippen LogP contribution is -2.53. The van der Waals surface area contributed by atoms with E-state index in [1.54, 1.807) is 30.3 Å². The van der Waals surface area contributed by atoms with Gasteiger partial charge in [0.15, 0.2) is 18.7 Å². The Balaban J connectivity index is 0.965. The van der Waals surface area contributed by atoms with Gasteiger partial charge < -0.3 is 44.9 Å². The number of hydrogen-bond donors (Lipinski definition) is 6. The minimum Gasteiger partial charge on any atom is -0.483 e. The maximum Gasteiger partial charge on any atom is 0.258 e. The van der Waals surface area contributed by atoms with Gasteiger partial charge in [-0.3, -0.25) is 39.2 Å². The summed E-state index contributed by atoms with van der Waals surface area (Å²) < 4.78 is 25.5. The number of anilines is 3. The van der Waals surface area contributed by atoms with Gasteiger partial charge in [0.25, 0.3) is 17.7 Å². The summed E-state index contributed by atoms with van der Waals surface area (Å²) in [5, 5.41) is 15.1. The van der Waals surface area contributed by atoms with Crippen molar-refractivity contribution in [1.82, 2.24) is 30.7 Å². The number of carbonyl (C=O) groups excluding carboxylic acids is 6. The van der Waals surface area contributed by atoms with Crippen LogP contribution in [0.2, 0.25) is 0 Å². The van der Waals surface area contributed by atoms with Gasteiger partial charge in [0, 0.05) is 55.0 Å². The van der Waals surface area contributed by atoms with E-state index >= 15 is 0 Å². The molecule has 1 unspecified atom stereocenters. The van der Waals surface area contributed by atoms with Gasteiger partial charge >= 0.3 is 0 Å². The Labute approximate surface area is 343 Å². The number of aromatic amines is 1. The lowest BCUT2D eigenvalue weighted by atomic mass is 10.0. The number of imide groups is 1. The number of hydrogen-bond acceptors (Lipinski definition) is 15. The molecule has 59 heavy (non-hydrogen) atoms. The molecule has 0 radical (unpaired) electrons. The van der Waals surface area contributed by atoms with Crippen LogP contribution in [0.25, 0.3) is 11.3 Å². The first-order chi connectivity index (χ1) is 28.6. The highest BCUT2D eigenvalue weighted by Gasteiger charge is 2.33. The SMILES string of the molecule is CCSNc1ccc(-c2[nH]nc(Nc3ccnc(OCCOCCOCCNC(=O)COc4cccc(C(=O)N(C)C5CCC(=O)NC5=O)c4C=O)c3)c2C(N)=O)cc1. The van der Waals surface area contributed by atoms with Crippen molar-refractivity contribution in [3.8, 4) is 22.9 Å². The molecule has 312 valence electrons. The standard InChI is InChI=1S/C39H45N9O10S/c1-3-59-47-25-9-7-24(8-10-25)35-34(36(40)52)37(46-45-35)43-26-13-14-42-33(21-26)57-20-19-56-18-17-55-16-15-41-32(51)23-58-30-6-4-5-27(28(30)22-49)39(54)48(2)29-11-12-31(50)44-38(29)53/h4-10,13-14,21-22,29,47H,3,11-12,15-20,23H2,1-2H3,(H2,40,52)(H,41,51)(H,44,50,53)(H2,42,43,45,46). The molecule has 1 aliphatic heterocycles. The van der Waals surface area contributed by atoms with Crippen LogP contribution in [0.3, 0.4) is 0 Å². The number of ether oxygens (including phenoxy) is 4. The van der Waals surface area contributed by atoms with E-state index in [2.05, 4.69) is 42.8 Å². The first-order valence-electron chi connectivity index (χ1n) is 18.6. The molecule has 19 nitrogen and oxygen atoms in total. The summed E-state index contributed by atoms with van der Waals surface area (Å²) in [5.41, 5.74) is 8.60. The smallest absolute Gasteiger partial charge is 0.258 e. The van der Waals surface area contributed by atoms with Crippen LogP contribution in [-0.2, 0) is 23.9 Å². The Kier molecular flexibility index (Phi) is 16.2. The van der Waals surface area contributed by atoms with E-state index < -0.39 is 42.2 Å². The number of amides is 5. The number of carbonyl (C=O) groups is 6. The van der Waals surface area contributed by atoms with Crippen molar-refractivity contribution in [2.24, 2.45) is 5.73 Å². The molecule has 0 saturated carbocycles. The topological polar surface area (TPSA) is 258 Å². The Bertz CT molecular complexity index is 2110. The van der Waals surface area contributed by atoms with Crippen LogP contribution in [-0.4, -0.2) is 121 Å². The fourth-order valence-electron chi connectivity index (χ4n) is 5.79. The third kappa shape index (κ3) is 12.2. The molecule has 2 aromatic carbocycles. The molecule has 5 rings (SSSR count). The highest BCUT2D eigenvalue weighted by molar-refractivity contribution is 8.00. The lowest BCUT2D eigenvalue weighted by molar-refractivity contribution is -0.136. The second kappa shape index (κ2) is 21.9. The zero-order chi connectivity index (χ0) is 42.1. The number of H-pyrrole nitrogens is 1. The quantitative estimate of drug-likeness (QED) is 0.0272. The van der Waals surface area contributed by atoms with E-state index in [9.17, 15) is 28.8 Å². The van der Waals surface area contributed by atoms with Gasteiger partial charge in [-0.1, -0.05) is 37.1 Å². The van der Waals surface area contributed by atoms with Crippen molar-refractivity contribution in [2.45, 2.75) is 25.8 Å². The molecular formula is C39H45N9O10S. The molecule has 1 saturated heterocycles. The van der Waals surface area contributed by atoms with Gasteiger partial charge in [-0.15, -0.1) is 0 Å². The van der Waals surface area contributed by atoms with Crippen molar-refractivity contribution in [3.05, 3.63) is 77.5 Å². The van der Waals surface area contributed by atoms with E-state index in [0.29, 0.717) is 23.5 Å². The van der Waals surface area contributed by atoms with Crippen LogP contribution >= 0.6 is 11.9 Å². The number of nitrogens with two attached hydrogens (primary N) is 1. The van der Waals surface area contributed by atoms with Crippen LogP contribution in [0.4, 0.5) is 17.2 Å². The normalized spacial score (nSPS) is 13.6. The van der Waals surface area contributed by atoms with E-state index in [0.717, 1.165) is 17.0 Å². The summed E-state index contributed by atoms with van der Waals surface area (Å²) in [7, 11) is 1.41. The fourth-order valence-corrected chi connectivity index (χ4v) is 6.24. The predicted octanol–water partition coefficient (Wildman–Crippen LogP) is 2.69. The largest absolute Gasteiger partial charge is 0.483 e. The zero-order valence-corrected chi connectivity index (χ0v) is 33.2. The van der Waals surface area contributed by atoms with Gasteiger partial charge in [-0.05, 0) is 36.8 Å². The van der Waals surface area contributed by atoms with E-state index in [1.165, 1.54) is 30.1 Å². The van der Waals surface area contributed by atoms with Gasteiger partial charge in [0.1, 0.15) is 24.0 Å². The van der Waals surface area contributed by atoms with Crippen molar-refractivity contribution in [1.29, 1.82) is 0 Å². The summed E-state index contributed by atoms with van der Waals surface area (Å²) in [4.78, 5) is 79.0. The van der Waals surface area contributed by atoms with E-state index in [-0.39, 0.29) is 80.7 Å². The summed E-state index contributed by atoms with van der Waals surface area (Å²) in [6, 6.07) is 14.4. The van der Waals surface area contributed by atoms with Crippen LogP contribution < -0.4 is 35.9 Å². The number of piperidine rings is 1. The molecule has 1 aliphatic rings. The Hall–Kier alpha value is -6.51. The highest BCUT2D eigenvalue weighted by atomic mass is 32.2. The average molecular weight is 832 g/mol. The van der Waals surface area contributed by atoms with Crippen molar-refractivity contribution in [3.63, 3.8) is 0 Å². The molecule has 4 aromatic rings. The van der Waals surface area contributed by atoms with Crippen molar-refractivity contribution in [2.75, 3.05) is 69.0 Å². The number of nitrogens with zero attached hydrogens (tertiary/aromatic N) is 3. The maximum atomic E-state index is 13.2. The molecule has 7 N–H and O–H groups in total. The molecule has 3 heterocycles. The number of likely N-dealkylation sites (N-methyl/N-ethyl adjacent to an activating group) is 1. The van der Waals surface area contributed by atoms with Crippen LogP contribution in [0.1, 0.15) is 50.8 Å². The number of nitrogens with one attached hydrogen (secondary N) is 5. The number of aromatic nitrogens is 3. The molecule has 0 spiro atoms. The lowest BCUT2D eigenvalue weighted by Gasteiger charge is -2.30. The highest BCUT2D eigenvalue weighted by Crippen LogP contribution is 2.30. The third-order valence-electron chi connectivity index (χ3n) is 8.71. The van der Waals surface area contributed by atoms with E-state index in [1.807, 2.05) is 24.3 Å². The van der Waals surface area contributed by atoms with Crippen molar-refractivity contribution >= 4 is 65.0 Å². The van der Waals surface area contributed by atoms with Gasteiger partial charge in [-0.2, -0.15) is 5.10 Å². The number of pyridine rings is 1. The molecular weight excluding hydrogens is 787 g/mol. The molecule has 1 atom stereocenters. The number of aldehydes is 1. The number of rotatable bonds is 23. The second-order valence-electron chi connectivity index (χ2n) is 12.7. The van der Waals surface area contributed by atoms with Crippen molar-refractivity contribution < 1.29 is 47.7 Å². The molecule has 2 aromatic heterocycles. The Morgan fingerprint density at radius 1 is 1.00 bits per heavy atom. The second-order valence-corrected chi connectivity index (χ2v) is 13.8. The summed E-state index contributed by atoms with van der Waals surface area (Å²) in [5.74, 6) is -1.23.